The number of aromatic nitrogens is 3. The molecule has 3 aromatic carbocycles. The monoisotopic (exact) mass is 596 g/mol. The van der Waals surface area contributed by atoms with Gasteiger partial charge in [0.15, 0.2) is 11.0 Å². The molecular weight excluding hydrogens is 568 g/mol. The smallest absolute Gasteiger partial charge is 0.271 e. The number of para-hydroxylation sites is 1. The molecule has 0 saturated heterocycles. The van der Waals surface area contributed by atoms with Gasteiger partial charge in [0.1, 0.15) is 5.75 Å². The average molecular weight is 597 g/mol. The molecule has 0 aliphatic carbocycles. The third kappa shape index (κ3) is 6.56. The molecule has 0 aliphatic heterocycles. The molecule has 0 spiro atoms. The summed E-state index contributed by atoms with van der Waals surface area (Å²) in [5.74, 6) is 0.150. The Kier molecular flexibility index (Phi) is 9.37. The fourth-order valence-electron chi connectivity index (χ4n) is 4.09. The van der Waals surface area contributed by atoms with E-state index in [9.17, 15) is 23.3 Å². The van der Waals surface area contributed by atoms with Crippen LogP contribution in [0.2, 0.25) is 0 Å². The Morgan fingerprint density at radius 3 is 2.44 bits per heavy atom. The first kappa shape index (κ1) is 29.7. The highest BCUT2D eigenvalue weighted by Crippen LogP contribution is 2.31. The van der Waals surface area contributed by atoms with E-state index in [-0.39, 0.29) is 27.8 Å². The molecule has 1 aromatic heterocycles. The molecule has 214 valence electrons. The number of carbonyl (C=O) groups excluding carboxylic acids is 1. The Morgan fingerprint density at radius 2 is 1.78 bits per heavy atom. The fourth-order valence-corrected chi connectivity index (χ4v) is 6.35. The average Bonchev–Trinajstić information content (AvgIpc) is 3.41. The number of carbonyl (C=O) groups is 1. The van der Waals surface area contributed by atoms with Crippen LogP contribution in [0.3, 0.4) is 0 Å². The van der Waals surface area contributed by atoms with E-state index in [1.807, 2.05) is 30.3 Å². The van der Waals surface area contributed by atoms with Crippen LogP contribution in [0.15, 0.2) is 82.8 Å². The largest absolute Gasteiger partial charge is 0.495 e. The molecule has 12 nitrogen and oxygen atoms in total. The summed E-state index contributed by atoms with van der Waals surface area (Å²) in [5.41, 5.74) is 1.23. The second-order valence-corrected chi connectivity index (χ2v) is 11.5. The summed E-state index contributed by atoms with van der Waals surface area (Å²) in [4.78, 5) is 23.6. The molecule has 0 bridgehead atoms. The first-order valence-electron chi connectivity index (χ1n) is 12.6. The highest BCUT2D eigenvalue weighted by Gasteiger charge is 2.24. The van der Waals surface area contributed by atoms with Gasteiger partial charge in [-0.25, -0.2) is 8.42 Å². The van der Waals surface area contributed by atoms with E-state index in [1.165, 1.54) is 29.6 Å². The number of hydrogen-bond acceptors (Lipinski definition) is 9. The van der Waals surface area contributed by atoms with Gasteiger partial charge in [-0.3, -0.25) is 19.5 Å². The quantitative estimate of drug-likeness (QED) is 0.140. The number of ether oxygens (including phenoxy) is 1. The Bertz CT molecular complexity index is 1660. The fraction of sp³-hybridized carbons (Fsp3) is 0.222. The molecule has 0 atom stereocenters. The Balaban J connectivity index is 1.65. The van der Waals surface area contributed by atoms with Gasteiger partial charge in [-0.05, 0) is 30.3 Å². The maximum Gasteiger partial charge on any atom is 0.271 e. The number of sulfonamides is 1. The molecule has 14 heteroatoms. The third-order valence-corrected chi connectivity index (χ3v) is 9.06. The molecular formula is C27H28N6O6S2. The lowest BCUT2D eigenvalue weighted by atomic mass is 10.2. The molecule has 0 radical (unpaired) electrons. The van der Waals surface area contributed by atoms with Crippen molar-refractivity contribution in [3.63, 3.8) is 0 Å². The molecule has 1 heterocycles. The van der Waals surface area contributed by atoms with Crippen LogP contribution in [0.5, 0.6) is 5.75 Å². The van der Waals surface area contributed by atoms with E-state index >= 15 is 0 Å². The molecule has 0 fully saturated rings. The van der Waals surface area contributed by atoms with Crippen molar-refractivity contribution in [2.24, 2.45) is 0 Å². The van der Waals surface area contributed by atoms with Gasteiger partial charge in [0, 0.05) is 36.5 Å². The zero-order chi connectivity index (χ0) is 29.6. The standard InChI is InChI=1S/C27H28N6O6S2/c1-4-31(5-2)41(37,38)22-13-9-10-19(16-22)26-29-30-27(32(26)20-11-7-6-8-12-20)40-18-25(34)28-23-17-21(33(35)36)14-15-24(23)39-3/h6-17H,4-5,18H2,1-3H3,(H,28,34). The van der Waals surface area contributed by atoms with Gasteiger partial charge < -0.3 is 10.1 Å². The van der Waals surface area contributed by atoms with Crippen molar-refractivity contribution in [1.29, 1.82) is 0 Å². The molecule has 0 saturated carbocycles. The number of benzene rings is 3. The molecule has 1 N–H and O–H groups in total. The minimum Gasteiger partial charge on any atom is -0.495 e. The van der Waals surface area contributed by atoms with Crippen molar-refractivity contribution >= 4 is 39.1 Å². The molecule has 41 heavy (non-hydrogen) atoms. The summed E-state index contributed by atoms with van der Waals surface area (Å²) in [6.07, 6.45) is 0. The SMILES string of the molecule is CCN(CC)S(=O)(=O)c1cccc(-c2nnc(SCC(=O)Nc3cc([N+](=O)[O-])ccc3OC)n2-c2ccccc2)c1. The van der Waals surface area contributed by atoms with Gasteiger partial charge >= 0.3 is 0 Å². The van der Waals surface area contributed by atoms with E-state index in [4.69, 9.17) is 4.74 Å². The summed E-state index contributed by atoms with van der Waals surface area (Å²) >= 11 is 1.11. The number of methoxy groups -OCH3 is 1. The number of thioether (sulfide) groups is 1. The van der Waals surface area contributed by atoms with Crippen molar-refractivity contribution < 1.29 is 22.9 Å². The zero-order valence-electron chi connectivity index (χ0n) is 22.6. The van der Waals surface area contributed by atoms with Gasteiger partial charge in [0.25, 0.3) is 5.69 Å². The van der Waals surface area contributed by atoms with Crippen LogP contribution in [0.1, 0.15) is 13.8 Å². The zero-order valence-corrected chi connectivity index (χ0v) is 24.2. The number of anilines is 1. The number of nitrogens with one attached hydrogen (secondary N) is 1. The number of nitro benzene ring substituents is 1. The molecule has 1 amide bonds. The molecule has 0 aliphatic rings. The second-order valence-electron chi connectivity index (χ2n) is 8.57. The van der Waals surface area contributed by atoms with Crippen LogP contribution in [-0.4, -0.2) is 64.3 Å². The summed E-state index contributed by atoms with van der Waals surface area (Å²) in [7, 11) is -2.30. The number of nitrogens with zero attached hydrogens (tertiary/aromatic N) is 5. The molecule has 4 rings (SSSR count). The van der Waals surface area contributed by atoms with E-state index < -0.39 is 20.9 Å². The van der Waals surface area contributed by atoms with E-state index in [1.54, 1.807) is 42.7 Å². The lowest BCUT2D eigenvalue weighted by molar-refractivity contribution is -0.384. The normalized spacial score (nSPS) is 11.4. The number of rotatable bonds is 12. The van der Waals surface area contributed by atoms with Crippen LogP contribution in [0, 0.1) is 10.1 Å². The number of amides is 1. The number of hydrogen-bond donors (Lipinski definition) is 1. The van der Waals surface area contributed by atoms with Gasteiger partial charge in [-0.2, -0.15) is 4.31 Å². The van der Waals surface area contributed by atoms with Crippen LogP contribution in [0.25, 0.3) is 17.1 Å². The van der Waals surface area contributed by atoms with Crippen LogP contribution < -0.4 is 10.1 Å². The maximum absolute atomic E-state index is 13.2. The lowest BCUT2D eigenvalue weighted by Gasteiger charge is -2.19. The van der Waals surface area contributed by atoms with Crippen LogP contribution in [0.4, 0.5) is 11.4 Å². The predicted octanol–water partition coefficient (Wildman–Crippen LogP) is 4.61. The van der Waals surface area contributed by atoms with E-state index in [2.05, 4.69) is 15.5 Å². The topological polar surface area (TPSA) is 150 Å². The van der Waals surface area contributed by atoms with Crippen LogP contribution in [-0.2, 0) is 14.8 Å². The van der Waals surface area contributed by atoms with Crippen molar-refractivity contribution in [3.8, 4) is 22.8 Å². The van der Waals surface area contributed by atoms with Crippen LogP contribution >= 0.6 is 11.8 Å². The van der Waals surface area contributed by atoms with Gasteiger partial charge in [-0.15, -0.1) is 10.2 Å². The Labute approximate surface area is 241 Å². The Morgan fingerprint density at radius 1 is 1.05 bits per heavy atom. The first-order valence-corrected chi connectivity index (χ1v) is 15.0. The highest BCUT2D eigenvalue weighted by atomic mass is 32.2. The van der Waals surface area contributed by atoms with Gasteiger partial charge in [0.05, 0.1) is 28.4 Å². The first-order chi connectivity index (χ1) is 19.7. The van der Waals surface area contributed by atoms with Gasteiger partial charge in [-0.1, -0.05) is 55.9 Å². The van der Waals surface area contributed by atoms with Crippen molar-refractivity contribution in [3.05, 3.63) is 82.9 Å². The third-order valence-electron chi connectivity index (χ3n) is 6.08. The minimum atomic E-state index is -3.70. The summed E-state index contributed by atoms with van der Waals surface area (Å²) in [6.45, 7) is 4.25. The molecule has 0 unspecified atom stereocenters. The summed E-state index contributed by atoms with van der Waals surface area (Å²) in [5, 5.41) is 22.9. The van der Waals surface area contributed by atoms with Crippen molar-refractivity contribution in [2.75, 3.05) is 31.3 Å². The summed E-state index contributed by atoms with van der Waals surface area (Å²) in [6, 6.07) is 19.7. The number of non-ortho nitro benzene ring substituents is 1. The maximum atomic E-state index is 13.2. The Hall–Kier alpha value is -4.27. The predicted molar refractivity (Wildman–Crippen MR) is 156 cm³/mol. The van der Waals surface area contributed by atoms with Crippen molar-refractivity contribution in [2.45, 2.75) is 23.9 Å². The van der Waals surface area contributed by atoms with Crippen molar-refractivity contribution in [1.82, 2.24) is 19.1 Å². The summed E-state index contributed by atoms with van der Waals surface area (Å²) < 4.78 is 34.7. The van der Waals surface area contributed by atoms with E-state index in [0.29, 0.717) is 35.3 Å². The highest BCUT2D eigenvalue weighted by molar-refractivity contribution is 7.99. The van der Waals surface area contributed by atoms with E-state index in [0.717, 1.165) is 11.8 Å². The molecule has 4 aromatic rings. The second kappa shape index (κ2) is 12.9. The lowest BCUT2D eigenvalue weighted by Crippen LogP contribution is -2.30. The minimum absolute atomic E-state index is 0.0901. The van der Waals surface area contributed by atoms with Gasteiger partial charge in [0.2, 0.25) is 15.9 Å². The number of nitro groups is 1.